The Morgan fingerprint density at radius 1 is 1.35 bits per heavy atom. The first-order valence-corrected chi connectivity index (χ1v) is 6.63. The second kappa shape index (κ2) is 7.30. The van der Waals surface area contributed by atoms with Gasteiger partial charge in [-0.15, -0.1) is 0 Å². The van der Waals surface area contributed by atoms with Crippen molar-refractivity contribution in [3.05, 3.63) is 0 Å². The molecule has 4 nitrogen and oxygen atoms in total. The summed E-state index contributed by atoms with van der Waals surface area (Å²) in [5, 5.41) is 11.2. The predicted octanol–water partition coefficient (Wildman–Crippen LogP) is 2.18. The fraction of sp³-hybridized carbons (Fsp3) is 0.846. The van der Waals surface area contributed by atoms with E-state index in [9.17, 15) is 9.59 Å². The van der Waals surface area contributed by atoms with E-state index in [1.807, 2.05) is 6.92 Å². The van der Waals surface area contributed by atoms with E-state index in [-0.39, 0.29) is 24.8 Å². The number of hydrogen-bond donors (Lipinski definition) is 2. The summed E-state index contributed by atoms with van der Waals surface area (Å²) in [6.07, 6.45) is 6.90. The smallest absolute Gasteiger partial charge is 0.305 e. The molecule has 1 fully saturated rings. The second-order valence-electron chi connectivity index (χ2n) is 4.93. The fourth-order valence-electron chi connectivity index (χ4n) is 2.54. The number of aliphatic carboxylic acids is 1. The Bertz CT molecular complexity index is 259. The summed E-state index contributed by atoms with van der Waals surface area (Å²) in [6.45, 7) is 2.27. The molecule has 0 radical (unpaired) electrons. The Labute approximate surface area is 103 Å². The van der Waals surface area contributed by atoms with Crippen LogP contribution < -0.4 is 5.32 Å². The van der Waals surface area contributed by atoms with Gasteiger partial charge in [0.25, 0.3) is 0 Å². The highest BCUT2D eigenvalue weighted by Gasteiger charge is 2.23. The zero-order valence-corrected chi connectivity index (χ0v) is 10.6. The molecule has 0 aromatic carbocycles. The number of carbonyl (C=O) groups is 2. The van der Waals surface area contributed by atoms with E-state index in [0.717, 1.165) is 12.8 Å². The van der Waals surface area contributed by atoms with Crippen molar-refractivity contribution in [2.45, 2.75) is 51.9 Å². The third kappa shape index (κ3) is 5.20. The van der Waals surface area contributed by atoms with Crippen LogP contribution in [0.3, 0.4) is 0 Å². The molecule has 1 rings (SSSR count). The van der Waals surface area contributed by atoms with Crippen molar-refractivity contribution in [1.29, 1.82) is 0 Å². The van der Waals surface area contributed by atoms with E-state index in [1.54, 1.807) is 0 Å². The Hall–Kier alpha value is -1.06. The highest BCUT2D eigenvalue weighted by Crippen LogP contribution is 2.31. The van der Waals surface area contributed by atoms with Gasteiger partial charge in [0.2, 0.25) is 5.91 Å². The maximum Gasteiger partial charge on any atom is 0.305 e. The Morgan fingerprint density at radius 2 is 2.00 bits per heavy atom. The summed E-state index contributed by atoms with van der Waals surface area (Å²) in [5.74, 6) is -0.0770. The summed E-state index contributed by atoms with van der Waals surface area (Å²) < 4.78 is 0. The van der Waals surface area contributed by atoms with Crippen molar-refractivity contribution in [3.8, 4) is 0 Å². The minimum absolute atomic E-state index is 0.00556. The monoisotopic (exact) mass is 241 g/mol. The van der Waals surface area contributed by atoms with E-state index in [1.165, 1.54) is 25.7 Å². The molecule has 1 saturated carbocycles. The number of carbonyl (C=O) groups excluding carboxylic acids is 1. The minimum Gasteiger partial charge on any atom is -0.481 e. The molecule has 0 spiro atoms. The molecule has 1 aliphatic carbocycles. The molecular weight excluding hydrogens is 218 g/mol. The summed E-state index contributed by atoms with van der Waals surface area (Å²) in [6, 6.07) is 0. The quantitative estimate of drug-likeness (QED) is 0.718. The predicted molar refractivity (Wildman–Crippen MR) is 65.6 cm³/mol. The van der Waals surface area contributed by atoms with Crippen LogP contribution in [0, 0.1) is 11.8 Å². The number of carboxylic acids is 1. The summed E-state index contributed by atoms with van der Waals surface area (Å²) in [5.41, 5.74) is 0. The van der Waals surface area contributed by atoms with Gasteiger partial charge < -0.3 is 10.4 Å². The Morgan fingerprint density at radius 3 is 2.53 bits per heavy atom. The van der Waals surface area contributed by atoms with Crippen LogP contribution in [-0.2, 0) is 9.59 Å². The topological polar surface area (TPSA) is 66.4 Å². The van der Waals surface area contributed by atoms with Crippen molar-refractivity contribution in [1.82, 2.24) is 5.32 Å². The van der Waals surface area contributed by atoms with Crippen molar-refractivity contribution >= 4 is 11.9 Å². The molecule has 1 amide bonds. The van der Waals surface area contributed by atoms with E-state index in [4.69, 9.17) is 5.11 Å². The van der Waals surface area contributed by atoms with Gasteiger partial charge in [-0.1, -0.05) is 32.6 Å². The van der Waals surface area contributed by atoms with Crippen molar-refractivity contribution in [2.75, 3.05) is 6.54 Å². The van der Waals surface area contributed by atoms with Crippen molar-refractivity contribution < 1.29 is 14.7 Å². The zero-order valence-electron chi connectivity index (χ0n) is 10.6. The average molecular weight is 241 g/mol. The van der Waals surface area contributed by atoms with Gasteiger partial charge in [-0.3, -0.25) is 9.59 Å². The van der Waals surface area contributed by atoms with Crippen LogP contribution in [0.1, 0.15) is 51.9 Å². The summed E-state index contributed by atoms with van der Waals surface area (Å²) >= 11 is 0. The maximum atomic E-state index is 11.8. The molecule has 0 aromatic rings. The van der Waals surface area contributed by atoms with E-state index in [0.29, 0.717) is 5.92 Å². The second-order valence-corrected chi connectivity index (χ2v) is 4.93. The maximum absolute atomic E-state index is 11.8. The fourth-order valence-corrected chi connectivity index (χ4v) is 2.54. The average Bonchev–Trinajstić information content (AvgIpc) is 2.77. The number of hydrogen-bond acceptors (Lipinski definition) is 2. The van der Waals surface area contributed by atoms with Gasteiger partial charge in [0.15, 0.2) is 0 Å². The van der Waals surface area contributed by atoms with Crippen LogP contribution in [0.5, 0.6) is 0 Å². The molecular formula is C13H23NO3. The molecule has 0 bridgehead atoms. The lowest BCUT2D eigenvalue weighted by Gasteiger charge is -2.18. The molecule has 0 saturated heterocycles. The Kier molecular flexibility index (Phi) is 6.01. The largest absolute Gasteiger partial charge is 0.481 e. The Balaban J connectivity index is 2.27. The third-order valence-electron chi connectivity index (χ3n) is 3.59. The van der Waals surface area contributed by atoms with E-state index >= 15 is 0 Å². The zero-order chi connectivity index (χ0) is 12.7. The highest BCUT2D eigenvalue weighted by molar-refractivity contribution is 5.79. The normalized spacial score (nSPS) is 17.9. The number of carboxylic acid groups (broad SMARTS) is 1. The molecule has 4 heteroatoms. The lowest BCUT2D eigenvalue weighted by molar-refractivity contribution is -0.137. The molecule has 0 aliphatic heterocycles. The summed E-state index contributed by atoms with van der Waals surface area (Å²) in [4.78, 5) is 22.2. The molecule has 17 heavy (non-hydrogen) atoms. The minimum atomic E-state index is -0.867. The van der Waals surface area contributed by atoms with Gasteiger partial charge >= 0.3 is 5.97 Å². The first kappa shape index (κ1) is 14.0. The van der Waals surface area contributed by atoms with Crippen LogP contribution in [-0.4, -0.2) is 23.5 Å². The van der Waals surface area contributed by atoms with Crippen LogP contribution in [0.4, 0.5) is 0 Å². The SMILES string of the molecule is CCC(CC1CCCC1)C(=O)NCCC(=O)O. The van der Waals surface area contributed by atoms with E-state index in [2.05, 4.69) is 5.32 Å². The molecule has 2 N–H and O–H groups in total. The van der Waals surface area contributed by atoms with Crippen LogP contribution in [0.2, 0.25) is 0 Å². The standard InChI is InChI=1S/C13H23NO3/c1-2-11(9-10-5-3-4-6-10)13(17)14-8-7-12(15)16/h10-11H,2-9H2,1H3,(H,14,17)(H,15,16). The van der Waals surface area contributed by atoms with Gasteiger partial charge in [-0.2, -0.15) is 0 Å². The van der Waals surface area contributed by atoms with Gasteiger partial charge in [0.1, 0.15) is 0 Å². The van der Waals surface area contributed by atoms with Gasteiger partial charge in [-0.05, 0) is 18.8 Å². The number of amides is 1. The number of rotatable bonds is 7. The molecule has 1 aliphatic rings. The van der Waals surface area contributed by atoms with E-state index < -0.39 is 5.97 Å². The van der Waals surface area contributed by atoms with Crippen LogP contribution in [0.25, 0.3) is 0 Å². The first-order valence-electron chi connectivity index (χ1n) is 6.63. The van der Waals surface area contributed by atoms with Crippen LogP contribution in [0.15, 0.2) is 0 Å². The number of nitrogens with one attached hydrogen (secondary N) is 1. The van der Waals surface area contributed by atoms with Gasteiger partial charge in [0.05, 0.1) is 6.42 Å². The van der Waals surface area contributed by atoms with Gasteiger partial charge in [-0.25, -0.2) is 0 Å². The summed E-state index contributed by atoms with van der Waals surface area (Å²) in [7, 11) is 0. The lowest BCUT2D eigenvalue weighted by Crippen LogP contribution is -2.33. The molecule has 0 aromatic heterocycles. The van der Waals surface area contributed by atoms with Crippen molar-refractivity contribution in [2.24, 2.45) is 11.8 Å². The molecule has 0 heterocycles. The molecule has 1 unspecified atom stereocenters. The molecule has 98 valence electrons. The lowest BCUT2D eigenvalue weighted by atomic mass is 9.91. The molecule has 1 atom stereocenters. The van der Waals surface area contributed by atoms with Crippen molar-refractivity contribution in [3.63, 3.8) is 0 Å². The van der Waals surface area contributed by atoms with Gasteiger partial charge in [0, 0.05) is 12.5 Å². The highest BCUT2D eigenvalue weighted by atomic mass is 16.4. The first-order chi connectivity index (χ1) is 8.13. The van der Waals surface area contributed by atoms with Crippen LogP contribution >= 0.6 is 0 Å². The third-order valence-corrected chi connectivity index (χ3v) is 3.59.